The van der Waals surface area contributed by atoms with Gasteiger partial charge in [0.1, 0.15) is 4.32 Å². The van der Waals surface area contributed by atoms with Crippen LogP contribution < -0.4 is 5.32 Å². The van der Waals surface area contributed by atoms with Crippen LogP contribution in [0.1, 0.15) is 19.4 Å². The van der Waals surface area contributed by atoms with Gasteiger partial charge in [0.2, 0.25) is 5.91 Å². The van der Waals surface area contributed by atoms with E-state index in [0.717, 1.165) is 23.0 Å². The van der Waals surface area contributed by atoms with Crippen LogP contribution in [0, 0.1) is 0 Å². The van der Waals surface area contributed by atoms with Gasteiger partial charge in [-0.2, -0.15) is 0 Å². The van der Waals surface area contributed by atoms with Crippen molar-refractivity contribution in [3.05, 3.63) is 35.9 Å². The zero-order chi connectivity index (χ0) is 14.1. The van der Waals surface area contributed by atoms with E-state index in [-0.39, 0.29) is 5.91 Å². The first-order chi connectivity index (χ1) is 9.17. The van der Waals surface area contributed by atoms with Crippen LogP contribution in [0.2, 0.25) is 0 Å². The first-order valence-electron chi connectivity index (χ1n) is 6.39. The molecular formula is C14H20N2OS2. The maximum absolute atomic E-state index is 11.7. The predicted molar refractivity (Wildman–Crippen MR) is 86.3 cm³/mol. The number of hydrogen-bond acceptors (Lipinski definition) is 3. The summed E-state index contributed by atoms with van der Waals surface area (Å²) in [7, 11) is 0. The lowest BCUT2D eigenvalue weighted by Gasteiger charge is -2.20. The summed E-state index contributed by atoms with van der Waals surface area (Å²) >= 11 is 6.70. The largest absolute Gasteiger partial charge is 0.358 e. The lowest BCUT2D eigenvalue weighted by Crippen LogP contribution is -2.30. The Morgan fingerprint density at radius 2 is 1.89 bits per heavy atom. The Balaban J connectivity index is 2.26. The second kappa shape index (κ2) is 8.93. The van der Waals surface area contributed by atoms with E-state index in [0.29, 0.717) is 12.3 Å². The minimum absolute atomic E-state index is 0.0170. The van der Waals surface area contributed by atoms with Crippen molar-refractivity contribution in [1.82, 2.24) is 10.2 Å². The molecule has 0 unspecified atom stereocenters. The van der Waals surface area contributed by atoms with E-state index in [1.165, 1.54) is 11.8 Å². The quantitative estimate of drug-likeness (QED) is 0.818. The molecule has 0 saturated carbocycles. The number of benzene rings is 1. The number of rotatable bonds is 6. The van der Waals surface area contributed by atoms with E-state index < -0.39 is 0 Å². The minimum atomic E-state index is 0.0170. The molecule has 0 aliphatic carbocycles. The smallest absolute Gasteiger partial charge is 0.230 e. The average molecular weight is 296 g/mol. The number of thiocarbonyl (C=S) groups is 1. The number of amides is 1. The standard InChI is InChI=1S/C14H20N2OS2/c1-3-16(4-2)14(18)19-11-13(17)15-10-12-8-6-5-7-9-12/h5-9H,3-4,10-11H2,1-2H3,(H,15,17). The second-order valence-electron chi connectivity index (χ2n) is 3.99. The molecule has 1 N–H and O–H groups in total. The molecule has 0 aliphatic heterocycles. The lowest BCUT2D eigenvalue weighted by molar-refractivity contribution is -0.118. The summed E-state index contributed by atoms with van der Waals surface area (Å²) in [6.45, 7) is 6.46. The summed E-state index contributed by atoms with van der Waals surface area (Å²) in [6, 6.07) is 9.88. The lowest BCUT2D eigenvalue weighted by atomic mass is 10.2. The maximum atomic E-state index is 11.7. The van der Waals surface area contributed by atoms with Crippen molar-refractivity contribution in [1.29, 1.82) is 0 Å². The third kappa shape index (κ3) is 6.07. The molecular weight excluding hydrogens is 276 g/mol. The molecule has 0 bridgehead atoms. The van der Waals surface area contributed by atoms with Gasteiger partial charge >= 0.3 is 0 Å². The molecule has 0 fully saturated rings. The van der Waals surface area contributed by atoms with Crippen LogP contribution in [0.4, 0.5) is 0 Å². The SMILES string of the molecule is CCN(CC)C(=S)SCC(=O)NCc1ccccc1. The van der Waals surface area contributed by atoms with E-state index in [4.69, 9.17) is 12.2 Å². The number of thioether (sulfide) groups is 1. The minimum Gasteiger partial charge on any atom is -0.358 e. The third-order valence-corrected chi connectivity index (χ3v) is 4.20. The van der Waals surface area contributed by atoms with Crippen LogP contribution in [-0.4, -0.2) is 34.0 Å². The molecule has 0 heterocycles. The highest BCUT2D eigenvalue weighted by atomic mass is 32.2. The number of carbonyl (C=O) groups excluding carboxylic acids is 1. The van der Waals surface area contributed by atoms with Gasteiger partial charge in [-0.25, -0.2) is 0 Å². The number of nitrogens with zero attached hydrogens (tertiary/aromatic N) is 1. The third-order valence-electron chi connectivity index (χ3n) is 2.68. The highest BCUT2D eigenvalue weighted by Crippen LogP contribution is 2.09. The molecule has 1 aromatic carbocycles. The average Bonchev–Trinajstić information content (AvgIpc) is 2.45. The van der Waals surface area contributed by atoms with E-state index in [9.17, 15) is 4.79 Å². The maximum Gasteiger partial charge on any atom is 0.230 e. The molecule has 5 heteroatoms. The Kier molecular flexibility index (Phi) is 7.52. The Bertz CT molecular complexity index is 405. The summed E-state index contributed by atoms with van der Waals surface area (Å²) in [5.41, 5.74) is 1.10. The van der Waals surface area contributed by atoms with E-state index in [1.54, 1.807) is 0 Å². The molecule has 0 atom stereocenters. The Labute approximate surface area is 124 Å². The predicted octanol–water partition coefficient (Wildman–Crippen LogP) is 2.66. The van der Waals surface area contributed by atoms with Gasteiger partial charge in [-0.05, 0) is 19.4 Å². The summed E-state index contributed by atoms with van der Waals surface area (Å²) in [4.78, 5) is 13.8. The van der Waals surface area contributed by atoms with Gasteiger partial charge in [0.15, 0.2) is 0 Å². The summed E-state index contributed by atoms with van der Waals surface area (Å²) in [5, 5.41) is 2.89. The topological polar surface area (TPSA) is 32.3 Å². The van der Waals surface area contributed by atoms with Crippen molar-refractivity contribution >= 4 is 34.2 Å². The number of nitrogens with one attached hydrogen (secondary N) is 1. The fourth-order valence-corrected chi connectivity index (χ4v) is 2.78. The molecule has 1 rings (SSSR count). The summed E-state index contributed by atoms with van der Waals surface area (Å²) in [6.07, 6.45) is 0. The monoisotopic (exact) mass is 296 g/mol. The van der Waals surface area contributed by atoms with Crippen molar-refractivity contribution in [2.24, 2.45) is 0 Å². The zero-order valence-corrected chi connectivity index (χ0v) is 13.0. The van der Waals surface area contributed by atoms with Crippen LogP contribution in [0.3, 0.4) is 0 Å². The Hall–Kier alpha value is -1.07. The van der Waals surface area contributed by atoms with Crippen LogP contribution in [-0.2, 0) is 11.3 Å². The van der Waals surface area contributed by atoms with E-state index in [1.807, 2.05) is 30.3 Å². The molecule has 19 heavy (non-hydrogen) atoms. The Morgan fingerprint density at radius 1 is 1.26 bits per heavy atom. The van der Waals surface area contributed by atoms with Crippen LogP contribution in [0.5, 0.6) is 0 Å². The normalized spacial score (nSPS) is 10.0. The molecule has 0 aromatic heterocycles. The highest BCUT2D eigenvalue weighted by molar-refractivity contribution is 8.23. The first-order valence-corrected chi connectivity index (χ1v) is 7.79. The van der Waals surface area contributed by atoms with Gasteiger partial charge in [-0.15, -0.1) is 0 Å². The summed E-state index contributed by atoms with van der Waals surface area (Å²) < 4.78 is 0.792. The van der Waals surface area contributed by atoms with Crippen LogP contribution in [0.15, 0.2) is 30.3 Å². The van der Waals surface area contributed by atoms with Crippen molar-refractivity contribution < 1.29 is 4.79 Å². The fourth-order valence-electron chi connectivity index (χ4n) is 1.55. The van der Waals surface area contributed by atoms with Gasteiger partial charge in [-0.1, -0.05) is 54.3 Å². The zero-order valence-electron chi connectivity index (χ0n) is 11.4. The molecule has 1 aromatic rings. The molecule has 0 aliphatic rings. The van der Waals surface area contributed by atoms with Gasteiger partial charge in [0.25, 0.3) is 0 Å². The van der Waals surface area contributed by atoms with Crippen molar-refractivity contribution in [3.63, 3.8) is 0 Å². The van der Waals surface area contributed by atoms with Crippen LogP contribution in [0.25, 0.3) is 0 Å². The van der Waals surface area contributed by atoms with Gasteiger partial charge < -0.3 is 10.2 Å². The summed E-state index contributed by atoms with van der Waals surface area (Å²) in [5.74, 6) is 0.394. The van der Waals surface area contributed by atoms with Crippen LogP contribution >= 0.6 is 24.0 Å². The molecule has 0 saturated heterocycles. The van der Waals surface area contributed by atoms with Crippen molar-refractivity contribution in [2.45, 2.75) is 20.4 Å². The number of carbonyl (C=O) groups is 1. The molecule has 104 valence electrons. The van der Waals surface area contributed by atoms with Gasteiger partial charge in [0, 0.05) is 19.6 Å². The van der Waals surface area contributed by atoms with E-state index >= 15 is 0 Å². The molecule has 0 radical (unpaired) electrons. The van der Waals surface area contributed by atoms with Crippen molar-refractivity contribution in [3.8, 4) is 0 Å². The van der Waals surface area contributed by atoms with Crippen molar-refractivity contribution in [2.75, 3.05) is 18.8 Å². The Morgan fingerprint density at radius 3 is 2.47 bits per heavy atom. The van der Waals surface area contributed by atoms with Gasteiger partial charge in [0.05, 0.1) is 5.75 Å². The van der Waals surface area contributed by atoms with Gasteiger partial charge in [-0.3, -0.25) is 4.79 Å². The molecule has 3 nitrogen and oxygen atoms in total. The molecule has 1 amide bonds. The number of hydrogen-bond donors (Lipinski definition) is 1. The molecule has 0 spiro atoms. The highest BCUT2D eigenvalue weighted by Gasteiger charge is 2.08. The first kappa shape index (κ1) is 16.0. The van der Waals surface area contributed by atoms with E-state index in [2.05, 4.69) is 24.1 Å². The second-order valence-corrected chi connectivity index (χ2v) is 5.60. The fraction of sp³-hybridized carbons (Fsp3) is 0.429.